The van der Waals surface area contributed by atoms with E-state index in [2.05, 4.69) is 0 Å². The molecule has 0 bridgehead atoms. The molecule has 0 spiro atoms. The third kappa shape index (κ3) is 2.80. The van der Waals surface area contributed by atoms with Gasteiger partial charge in [0.1, 0.15) is 0 Å². The van der Waals surface area contributed by atoms with Gasteiger partial charge in [0.05, 0.1) is 6.10 Å². The molecule has 1 aliphatic rings. The Morgan fingerprint density at radius 2 is 2.00 bits per heavy atom. The molecule has 3 nitrogen and oxygen atoms in total. The van der Waals surface area contributed by atoms with Gasteiger partial charge in [-0.2, -0.15) is 0 Å². The summed E-state index contributed by atoms with van der Waals surface area (Å²) < 4.78 is 10.5. The van der Waals surface area contributed by atoms with Gasteiger partial charge in [-0.25, -0.2) is 0 Å². The van der Waals surface area contributed by atoms with Gasteiger partial charge < -0.3 is 14.6 Å². The maximum atomic E-state index is 9.90. The van der Waals surface area contributed by atoms with E-state index >= 15 is 0 Å². The molecule has 0 saturated heterocycles. The molecule has 2 rings (SSSR count). The number of rotatable bonds is 2. The minimum atomic E-state index is -0.465. The number of aliphatic hydroxyl groups excluding tert-OH is 1. The minimum Gasteiger partial charge on any atom is -0.454 e. The van der Waals surface area contributed by atoms with Crippen LogP contribution < -0.4 is 9.47 Å². The zero-order valence-electron chi connectivity index (χ0n) is 10.4. The maximum absolute atomic E-state index is 9.90. The average Bonchev–Trinajstić information content (AvgIpc) is 2.71. The van der Waals surface area contributed by atoms with Crippen LogP contribution in [-0.4, -0.2) is 18.0 Å². The first-order valence-corrected chi connectivity index (χ1v) is 5.73. The van der Waals surface area contributed by atoms with Crippen LogP contribution in [0.3, 0.4) is 0 Å². The quantitative estimate of drug-likeness (QED) is 0.858. The molecule has 1 heterocycles. The highest BCUT2D eigenvalue weighted by Gasteiger charge is 2.19. The Hall–Kier alpha value is -1.48. The van der Waals surface area contributed by atoms with Crippen LogP contribution in [0.25, 0.3) is 6.08 Å². The van der Waals surface area contributed by atoms with Gasteiger partial charge in [0.25, 0.3) is 0 Å². The second-order valence-electron chi connectivity index (χ2n) is 5.28. The summed E-state index contributed by atoms with van der Waals surface area (Å²) in [4.78, 5) is 0. The van der Waals surface area contributed by atoms with Crippen molar-refractivity contribution in [3.8, 4) is 11.5 Å². The van der Waals surface area contributed by atoms with E-state index < -0.39 is 6.10 Å². The van der Waals surface area contributed by atoms with Gasteiger partial charge in [0.15, 0.2) is 11.5 Å². The monoisotopic (exact) mass is 236 g/mol. The molecule has 0 radical (unpaired) electrons. The molecular weight excluding hydrogens is 218 g/mol. The lowest BCUT2D eigenvalue weighted by Crippen LogP contribution is -2.23. The Morgan fingerprint density at radius 3 is 2.71 bits per heavy atom. The average molecular weight is 236 g/mol. The summed E-state index contributed by atoms with van der Waals surface area (Å²) in [6, 6.07) is 5.74. The van der Waals surface area contributed by atoms with Gasteiger partial charge in [-0.05, 0) is 23.1 Å². The van der Waals surface area contributed by atoms with E-state index in [-0.39, 0.29) is 12.2 Å². The summed E-state index contributed by atoms with van der Waals surface area (Å²) in [7, 11) is 0. The Labute approximate surface area is 102 Å². The standard InChI is InChI=1S/C14H18O3/c1-14(2,3)13(15)7-5-10-4-6-11-12(8-10)17-9-16-11/h4-8,13,15H,9H2,1-3H3/b7-5+/i5+2. The van der Waals surface area contributed by atoms with Crippen molar-refractivity contribution >= 4 is 6.08 Å². The van der Waals surface area contributed by atoms with Gasteiger partial charge in [0, 0.05) is 0 Å². The Bertz CT molecular complexity index is 430. The van der Waals surface area contributed by atoms with Gasteiger partial charge in [-0.1, -0.05) is 39.0 Å². The van der Waals surface area contributed by atoms with Crippen LogP contribution >= 0.6 is 0 Å². The van der Waals surface area contributed by atoms with Crippen molar-refractivity contribution in [2.24, 2.45) is 5.41 Å². The van der Waals surface area contributed by atoms with Gasteiger partial charge in [0.2, 0.25) is 6.79 Å². The van der Waals surface area contributed by atoms with Crippen molar-refractivity contribution in [3.63, 3.8) is 0 Å². The lowest BCUT2D eigenvalue weighted by atomic mass is 9.90. The highest BCUT2D eigenvalue weighted by atomic mass is 16.7. The van der Waals surface area contributed by atoms with Crippen molar-refractivity contribution in [3.05, 3.63) is 29.8 Å². The first-order valence-electron chi connectivity index (χ1n) is 5.73. The van der Waals surface area contributed by atoms with Crippen molar-refractivity contribution in [2.45, 2.75) is 26.9 Å². The van der Waals surface area contributed by atoms with Crippen LogP contribution in [0.1, 0.15) is 26.3 Å². The predicted molar refractivity (Wildman–Crippen MR) is 67.1 cm³/mol. The molecule has 0 aromatic heterocycles. The van der Waals surface area contributed by atoms with Crippen LogP contribution in [0, 0.1) is 5.41 Å². The summed E-state index contributed by atoms with van der Waals surface area (Å²) in [5.74, 6) is 1.54. The summed E-state index contributed by atoms with van der Waals surface area (Å²) in [6.07, 6.45) is 3.24. The van der Waals surface area contributed by atoms with Crippen molar-refractivity contribution < 1.29 is 14.6 Å². The van der Waals surface area contributed by atoms with Crippen LogP contribution in [-0.2, 0) is 0 Å². The van der Waals surface area contributed by atoms with E-state index in [1.807, 2.05) is 45.0 Å². The Kier molecular flexibility index (Phi) is 3.11. The number of hydrogen-bond donors (Lipinski definition) is 1. The lowest BCUT2D eigenvalue weighted by molar-refractivity contribution is 0.106. The van der Waals surface area contributed by atoms with Crippen molar-refractivity contribution in [1.29, 1.82) is 0 Å². The molecule has 3 heteroatoms. The van der Waals surface area contributed by atoms with E-state index in [1.165, 1.54) is 0 Å². The van der Waals surface area contributed by atoms with E-state index in [9.17, 15) is 5.11 Å². The highest BCUT2D eigenvalue weighted by Crippen LogP contribution is 2.33. The van der Waals surface area contributed by atoms with Crippen LogP contribution in [0.2, 0.25) is 0 Å². The molecule has 1 atom stereocenters. The minimum absolute atomic E-state index is 0.146. The SMILES string of the molecule is CC(C)(C)C(O)/C=[14CH]/c1ccc2c(c1)OCO2. The largest absolute Gasteiger partial charge is 0.454 e. The fraction of sp³-hybridized carbons (Fsp3) is 0.429. The molecule has 1 aromatic rings. The molecular formula is C14H18O3. The molecule has 0 saturated carbocycles. The van der Waals surface area contributed by atoms with E-state index in [4.69, 9.17) is 9.47 Å². The number of hydrogen-bond acceptors (Lipinski definition) is 3. The number of benzene rings is 1. The fourth-order valence-electron chi connectivity index (χ4n) is 1.51. The number of fused-ring (bicyclic) bond motifs is 1. The molecule has 1 aromatic carbocycles. The summed E-state index contributed by atoms with van der Waals surface area (Å²) >= 11 is 0. The normalized spacial score (nSPS) is 16.5. The first kappa shape index (κ1) is 12.0. The Morgan fingerprint density at radius 1 is 1.29 bits per heavy atom. The summed E-state index contributed by atoms with van der Waals surface area (Å²) in [5.41, 5.74) is 0.852. The van der Waals surface area contributed by atoms with Crippen molar-refractivity contribution in [2.75, 3.05) is 6.79 Å². The van der Waals surface area contributed by atoms with E-state index in [0.717, 1.165) is 17.1 Å². The highest BCUT2D eigenvalue weighted by molar-refractivity contribution is 5.56. The van der Waals surface area contributed by atoms with Crippen LogP contribution in [0.4, 0.5) is 0 Å². The molecule has 0 amide bonds. The molecule has 1 unspecified atom stereocenters. The number of ether oxygens (including phenoxy) is 2. The zero-order chi connectivity index (χ0) is 12.5. The van der Waals surface area contributed by atoms with Gasteiger partial charge in [-0.3, -0.25) is 0 Å². The van der Waals surface area contributed by atoms with Crippen LogP contribution in [0.5, 0.6) is 11.5 Å². The van der Waals surface area contributed by atoms with Gasteiger partial charge in [-0.15, -0.1) is 0 Å². The molecule has 0 fully saturated rings. The fourth-order valence-corrected chi connectivity index (χ4v) is 1.51. The third-order valence-electron chi connectivity index (χ3n) is 2.75. The molecule has 92 valence electrons. The van der Waals surface area contributed by atoms with E-state index in [0.29, 0.717) is 0 Å². The molecule has 1 aliphatic heterocycles. The second kappa shape index (κ2) is 4.41. The molecule has 1 N–H and O–H groups in total. The predicted octanol–water partition coefficient (Wildman–Crippen LogP) is 2.84. The van der Waals surface area contributed by atoms with Crippen molar-refractivity contribution in [1.82, 2.24) is 0 Å². The van der Waals surface area contributed by atoms with Crippen LogP contribution in [0.15, 0.2) is 24.3 Å². The van der Waals surface area contributed by atoms with E-state index in [1.54, 1.807) is 6.08 Å². The molecule has 0 aliphatic carbocycles. The number of aliphatic hydroxyl groups is 1. The smallest absolute Gasteiger partial charge is 0.231 e. The summed E-state index contributed by atoms with van der Waals surface area (Å²) in [6.45, 7) is 6.29. The third-order valence-corrected chi connectivity index (χ3v) is 2.75. The molecule has 17 heavy (non-hydrogen) atoms. The lowest BCUT2D eigenvalue weighted by Gasteiger charge is -2.22. The maximum Gasteiger partial charge on any atom is 0.231 e. The summed E-state index contributed by atoms with van der Waals surface area (Å²) in [5, 5.41) is 9.90. The zero-order valence-corrected chi connectivity index (χ0v) is 10.4. The second-order valence-corrected chi connectivity index (χ2v) is 5.28. The van der Waals surface area contributed by atoms with Gasteiger partial charge >= 0.3 is 0 Å². The topological polar surface area (TPSA) is 38.7 Å². The first-order chi connectivity index (χ1) is 7.97. The Balaban J connectivity index is 2.12.